The Kier molecular flexibility index (Phi) is 9.46. The number of anilines is 1. The van der Waals surface area contributed by atoms with Crippen LogP contribution in [0.2, 0.25) is 0 Å². The number of likely N-dealkylation sites (N-methyl/N-ethyl adjacent to an activating group) is 1. The normalized spacial score (nSPS) is 21.1. The number of ether oxygens (including phenoxy) is 2. The van der Waals surface area contributed by atoms with Crippen molar-refractivity contribution in [3.05, 3.63) is 94.5 Å². The second kappa shape index (κ2) is 13.4. The first-order chi connectivity index (χ1) is 20.8. The molecule has 1 fully saturated rings. The van der Waals surface area contributed by atoms with Crippen LogP contribution in [0.5, 0.6) is 5.75 Å². The van der Waals surface area contributed by atoms with E-state index in [0.29, 0.717) is 35.4 Å². The van der Waals surface area contributed by atoms with Gasteiger partial charge in [0.25, 0.3) is 11.8 Å². The summed E-state index contributed by atoms with van der Waals surface area (Å²) in [6.45, 7) is 6.20. The molecule has 3 aliphatic rings. The van der Waals surface area contributed by atoms with E-state index < -0.39 is 0 Å². The Morgan fingerprint density at radius 3 is 2.44 bits per heavy atom. The maximum absolute atomic E-state index is 13.6. The minimum atomic E-state index is -0.347. The third-order valence-corrected chi connectivity index (χ3v) is 8.38. The van der Waals surface area contributed by atoms with Crippen molar-refractivity contribution in [1.82, 2.24) is 10.2 Å². The van der Waals surface area contributed by atoms with Crippen LogP contribution >= 0.6 is 0 Å². The molecule has 3 atom stereocenters. The fourth-order valence-corrected chi connectivity index (χ4v) is 6.25. The number of benzene rings is 3. The number of carbonyl (C=O) groups is 3. The van der Waals surface area contributed by atoms with E-state index >= 15 is 0 Å². The van der Waals surface area contributed by atoms with Gasteiger partial charge in [-0.15, -0.1) is 0 Å². The summed E-state index contributed by atoms with van der Waals surface area (Å²) in [6.07, 6.45) is 2.81. The van der Waals surface area contributed by atoms with E-state index in [9.17, 15) is 14.4 Å². The van der Waals surface area contributed by atoms with E-state index in [2.05, 4.69) is 22.8 Å². The molecule has 3 aromatic rings. The van der Waals surface area contributed by atoms with Crippen molar-refractivity contribution in [2.24, 2.45) is 0 Å². The molecule has 0 aromatic heterocycles. The molecule has 6 rings (SSSR count). The molecule has 8 nitrogen and oxygen atoms in total. The number of hydrogen-bond donors (Lipinski definition) is 2. The number of nitrogens with one attached hydrogen (secondary N) is 2. The van der Waals surface area contributed by atoms with Gasteiger partial charge in [0, 0.05) is 27.2 Å². The Bertz CT molecular complexity index is 1470. The molecule has 2 heterocycles. The Labute approximate surface area is 256 Å². The third kappa shape index (κ3) is 6.91. The van der Waals surface area contributed by atoms with Crippen molar-refractivity contribution < 1.29 is 26.7 Å². The van der Waals surface area contributed by atoms with Gasteiger partial charge in [-0.05, 0) is 74.1 Å². The molecular formula is C35H45N3O5. The lowest BCUT2D eigenvalue weighted by Crippen LogP contribution is -2.54. The Balaban J connectivity index is 0.00000135. The maximum atomic E-state index is 13.6. The second-order valence-corrected chi connectivity index (χ2v) is 11.3. The maximum Gasteiger partial charge on any atom is 0.257 e. The summed E-state index contributed by atoms with van der Waals surface area (Å²) in [4.78, 5) is 40.9. The highest BCUT2D eigenvalue weighted by Gasteiger charge is 2.39. The quantitative estimate of drug-likeness (QED) is 0.392. The predicted octanol–water partition coefficient (Wildman–Crippen LogP) is 5.82. The summed E-state index contributed by atoms with van der Waals surface area (Å²) in [5.74, 6) is 0.00242. The summed E-state index contributed by atoms with van der Waals surface area (Å²) in [5, 5.41) is 6.07. The number of hydrogen-bond acceptors (Lipinski definition) is 5. The van der Waals surface area contributed by atoms with Gasteiger partial charge in [0.05, 0.1) is 24.1 Å². The topological polar surface area (TPSA) is 97.0 Å². The molecule has 0 radical (unpaired) electrons. The average molecular weight is 588 g/mol. The van der Waals surface area contributed by atoms with Gasteiger partial charge in [0.15, 0.2) is 0 Å². The highest BCUT2D eigenvalue weighted by atomic mass is 16.5. The monoisotopic (exact) mass is 587 g/mol. The molecule has 0 spiro atoms. The smallest absolute Gasteiger partial charge is 0.257 e. The molecule has 0 saturated carbocycles. The molecule has 0 unspecified atom stereocenters. The van der Waals surface area contributed by atoms with Crippen LogP contribution < -0.4 is 15.4 Å². The molecule has 230 valence electrons. The first kappa shape index (κ1) is 30.3. The third-order valence-electron chi connectivity index (χ3n) is 8.38. The van der Waals surface area contributed by atoms with Gasteiger partial charge in [-0.25, -0.2) is 0 Å². The molecular weight excluding hydrogens is 542 g/mol. The van der Waals surface area contributed by atoms with Crippen LogP contribution in [0.25, 0.3) is 0 Å². The number of nitrogens with zero attached hydrogens (tertiary/aromatic N) is 1. The highest BCUT2D eigenvalue weighted by Crippen LogP contribution is 2.33. The Morgan fingerprint density at radius 1 is 0.977 bits per heavy atom. The lowest BCUT2D eigenvalue weighted by Gasteiger charge is -2.42. The van der Waals surface area contributed by atoms with E-state index in [1.165, 1.54) is 11.1 Å². The van der Waals surface area contributed by atoms with Crippen LogP contribution in [0.4, 0.5) is 5.69 Å². The van der Waals surface area contributed by atoms with Crippen LogP contribution in [-0.2, 0) is 22.4 Å². The standard InChI is InChI=1S/C33H35N3O5.C2H6.2H2/c1-20-6-5-9-23(14-20)32(38)35-24-10-13-29-27(17-24)33(39)36(2)28-12-11-26(41-30(28)19-40-29)18-31(37)34-25-15-21-7-3-4-8-22(21)16-25;1-2;;/h3-10,13-14,17,25-26,28,30H,11-12,15-16,18-19H2,1-2H3,(H,34,37)(H,35,38);1-2H3;2*1H/t26-,28-,30-;;;/m0.../s1. The SMILES string of the molecule is CC.Cc1cccc(C(=O)Nc2ccc3c(c2)C(=O)N(C)[C@H]2CC[C@@H](CC(=O)NC4Cc5ccccc5C4)O[C@H]2CO3)c1.[HH].[HH]. The molecule has 3 aromatic carbocycles. The lowest BCUT2D eigenvalue weighted by molar-refractivity contribution is -0.134. The number of aryl methyl sites for hydroxylation is 1. The van der Waals surface area contributed by atoms with Crippen LogP contribution in [0, 0.1) is 6.92 Å². The number of carbonyl (C=O) groups excluding carboxylic acids is 3. The van der Waals surface area contributed by atoms with Crippen molar-refractivity contribution in [2.45, 2.75) is 77.2 Å². The highest BCUT2D eigenvalue weighted by molar-refractivity contribution is 6.05. The van der Waals surface area contributed by atoms with Crippen molar-refractivity contribution in [2.75, 3.05) is 19.0 Å². The second-order valence-electron chi connectivity index (χ2n) is 11.3. The fourth-order valence-electron chi connectivity index (χ4n) is 6.25. The average Bonchev–Trinajstić information content (AvgIpc) is 3.42. The molecule has 2 aliphatic heterocycles. The molecule has 1 saturated heterocycles. The van der Waals surface area contributed by atoms with Crippen molar-refractivity contribution in [1.29, 1.82) is 0 Å². The summed E-state index contributed by atoms with van der Waals surface area (Å²) in [7, 11) is 1.78. The van der Waals surface area contributed by atoms with E-state index in [1.54, 1.807) is 36.2 Å². The van der Waals surface area contributed by atoms with Gasteiger partial charge in [-0.2, -0.15) is 0 Å². The van der Waals surface area contributed by atoms with Gasteiger partial charge in [-0.3, -0.25) is 14.4 Å². The summed E-state index contributed by atoms with van der Waals surface area (Å²) < 4.78 is 12.4. The minimum Gasteiger partial charge on any atom is -0.490 e. The first-order valence-corrected chi connectivity index (χ1v) is 15.3. The van der Waals surface area contributed by atoms with E-state index in [4.69, 9.17) is 9.47 Å². The predicted molar refractivity (Wildman–Crippen MR) is 171 cm³/mol. The van der Waals surface area contributed by atoms with E-state index in [0.717, 1.165) is 18.4 Å². The Hall–Kier alpha value is -4.17. The van der Waals surface area contributed by atoms with E-state index in [-0.39, 0.29) is 57.9 Å². The fraction of sp³-hybridized carbons (Fsp3) is 0.400. The minimum absolute atomic E-state index is 0. The number of rotatable bonds is 5. The van der Waals surface area contributed by atoms with Crippen LogP contribution in [-0.4, -0.2) is 60.6 Å². The molecule has 1 aliphatic carbocycles. The van der Waals surface area contributed by atoms with Crippen molar-refractivity contribution in [3.63, 3.8) is 0 Å². The lowest BCUT2D eigenvalue weighted by atomic mass is 9.94. The van der Waals surface area contributed by atoms with Crippen molar-refractivity contribution >= 4 is 23.4 Å². The van der Waals surface area contributed by atoms with Crippen LogP contribution in [0.15, 0.2) is 66.7 Å². The molecule has 8 heteroatoms. The van der Waals surface area contributed by atoms with E-state index in [1.807, 2.05) is 51.1 Å². The van der Waals surface area contributed by atoms with Gasteiger partial charge in [0.1, 0.15) is 18.5 Å². The van der Waals surface area contributed by atoms with Gasteiger partial charge in [0.2, 0.25) is 5.91 Å². The summed E-state index contributed by atoms with van der Waals surface area (Å²) in [6, 6.07) is 20.7. The van der Waals surface area contributed by atoms with Crippen LogP contribution in [0.3, 0.4) is 0 Å². The zero-order valence-electron chi connectivity index (χ0n) is 25.4. The first-order valence-electron chi connectivity index (χ1n) is 15.3. The summed E-state index contributed by atoms with van der Waals surface area (Å²) >= 11 is 0. The van der Waals surface area contributed by atoms with Gasteiger partial charge in [-0.1, -0.05) is 55.8 Å². The number of amides is 3. The zero-order chi connectivity index (χ0) is 30.5. The van der Waals surface area contributed by atoms with Crippen LogP contribution in [0.1, 0.15) is 73.4 Å². The molecule has 2 N–H and O–H groups in total. The molecule has 3 amide bonds. The molecule has 0 bridgehead atoms. The Morgan fingerprint density at radius 2 is 1.72 bits per heavy atom. The summed E-state index contributed by atoms with van der Waals surface area (Å²) in [5.41, 5.74) is 5.06. The van der Waals surface area contributed by atoms with Gasteiger partial charge < -0.3 is 25.0 Å². The van der Waals surface area contributed by atoms with Crippen molar-refractivity contribution in [3.8, 4) is 5.75 Å². The molecule has 43 heavy (non-hydrogen) atoms. The zero-order valence-corrected chi connectivity index (χ0v) is 25.4. The van der Waals surface area contributed by atoms with Gasteiger partial charge >= 0.3 is 0 Å². The number of fused-ring (bicyclic) bond motifs is 3. The largest absolute Gasteiger partial charge is 0.490 e.